The predicted octanol–water partition coefficient (Wildman–Crippen LogP) is 5.45. The summed E-state index contributed by atoms with van der Waals surface area (Å²) in [5.74, 6) is 1.22. The highest BCUT2D eigenvalue weighted by atomic mass is 19.1. The third kappa shape index (κ3) is 4.18. The van der Waals surface area contributed by atoms with Gasteiger partial charge in [0.15, 0.2) is 0 Å². The summed E-state index contributed by atoms with van der Waals surface area (Å²) >= 11 is 0. The smallest absolute Gasteiger partial charge is 0.119 e. The van der Waals surface area contributed by atoms with Crippen molar-refractivity contribution < 1.29 is 8.78 Å². The van der Waals surface area contributed by atoms with E-state index >= 15 is 0 Å². The van der Waals surface area contributed by atoms with E-state index in [1.807, 2.05) is 6.07 Å². The number of halogens is 2. The number of alkyl halides is 2. The van der Waals surface area contributed by atoms with E-state index in [1.54, 1.807) is 0 Å². The number of nitrogens with zero attached hydrogens (tertiary/aromatic N) is 1. The van der Waals surface area contributed by atoms with Crippen LogP contribution in [0.1, 0.15) is 65.2 Å². The molecule has 0 N–H and O–H groups in total. The second kappa shape index (κ2) is 7.56. The Morgan fingerprint density at radius 1 is 1.05 bits per heavy atom. The quantitative estimate of drug-likeness (QED) is 0.676. The summed E-state index contributed by atoms with van der Waals surface area (Å²) in [6.07, 6.45) is 5.53. The van der Waals surface area contributed by atoms with Crippen molar-refractivity contribution in [1.29, 1.82) is 5.26 Å². The van der Waals surface area contributed by atoms with Crippen molar-refractivity contribution in [2.75, 3.05) is 0 Å². The zero-order valence-electron chi connectivity index (χ0n) is 13.4. The maximum atomic E-state index is 13.9. The van der Waals surface area contributed by atoms with Crippen LogP contribution in [0.5, 0.6) is 0 Å². The Kier molecular flexibility index (Phi) is 6.02. The average Bonchev–Trinajstić information content (AvgIpc) is 2.47. The van der Waals surface area contributed by atoms with Crippen LogP contribution in [0.3, 0.4) is 0 Å². The first-order chi connectivity index (χ1) is 10.0. The van der Waals surface area contributed by atoms with Gasteiger partial charge in [-0.1, -0.05) is 33.1 Å². The Labute approximate surface area is 128 Å². The second-order valence-corrected chi connectivity index (χ2v) is 7.45. The van der Waals surface area contributed by atoms with Crippen LogP contribution < -0.4 is 0 Å². The molecule has 0 aliphatic heterocycles. The zero-order chi connectivity index (χ0) is 15.4. The van der Waals surface area contributed by atoms with Crippen molar-refractivity contribution in [3.63, 3.8) is 0 Å². The Bertz CT molecular complexity index is 345. The average molecular weight is 297 g/mol. The Morgan fingerprint density at radius 3 is 2.10 bits per heavy atom. The summed E-state index contributed by atoms with van der Waals surface area (Å²) in [5.41, 5.74) is 0. The molecular formula is C18H29F2N. The molecule has 0 amide bonds. The highest BCUT2D eigenvalue weighted by Crippen LogP contribution is 2.44. The van der Waals surface area contributed by atoms with Crippen LogP contribution in [0.4, 0.5) is 8.78 Å². The number of nitriles is 1. The molecule has 3 heteroatoms. The van der Waals surface area contributed by atoms with Crippen LogP contribution in [0, 0.1) is 40.9 Å². The maximum absolute atomic E-state index is 13.9. The Hall–Kier alpha value is -0.650. The van der Waals surface area contributed by atoms with Gasteiger partial charge in [0.1, 0.15) is 18.3 Å². The Morgan fingerprint density at radius 2 is 1.62 bits per heavy atom. The first-order valence-corrected chi connectivity index (χ1v) is 8.72. The summed E-state index contributed by atoms with van der Waals surface area (Å²) in [6, 6.07) is 1.81. The fraction of sp³-hybridized carbons (Fsp3) is 0.944. The van der Waals surface area contributed by atoms with Crippen molar-refractivity contribution in [2.45, 2.75) is 77.6 Å². The zero-order valence-corrected chi connectivity index (χ0v) is 13.4. The monoisotopic (exact) mass is 297 g/mol. The van der Waals surface area contributed by atoms with Crippen molar-refractivity contribution in [3.8, 4) is 6.07 Å². The second-order valence-electron chi connectivity index (χ2n) is 7.45. The fourth-order valence-electron chi connectivity index (χ4n) is 4.37. The van der Waals surface area contributed by atoms with Crippen LogP contribution in [0.2, 0.25) is 0 Å². The number of rotatable bonds is 4. The molecule has 3 atom stereocenters. The lowest BCUT2D eigenvalue weighted by atomic mass is 9.67. The van der Waals surface area contributed by atoms with Gasteiger partial charge in [-0.3, -0.25) is 0 Å². The lowest BCUT2D eigenvalue weighted by Crippen LogP contribution is -2.38. The van der Waals surface area contributed by atoms with Gasteiger partial charge in [-0.05, 0) is 55.8 Å². The lowest BCUT2D eigenvalue weighted by Gasteiger charge is -2.39. The largest absolute Gasteiger partial charge is 0.246 e. The van der Waals surface area contributed by atoms with E-state index in [2.05, 4.69) is 13.8 Å². The first kappa shape index (κ1) is 16.7. The Balaban J connectivity index is 1.82. The van der Waals surface area contributed by atoms with Gasteiger partial charge in [0.05, 0.1) is 6.07 Å². The van der Waals surface area contributed by atoms with E-state index in [-0.39, 0.29) is 5.92 Å². The van der Waals surface area contributed by atoms with Crippen LogP contribution in [-0.2, 0) is 0 Å². The SMILES string of the molecule is CCC(C)CC1CCC(C2CC(F)C(C#N)C(F)C2)CC1. The minimum atomic E-state index is -1.26. The minimum Gasteiger partial charge on any atom is -0.246 e. The molecule has 0 aromatic rings. The first-order valence-electron chi connectivity index (χ1n) is 8.72. The molecule has 2 aliphatic rings. The third-order valence-electron chi connectivity index (χ3n) is 5.97. The molecule has 3 unspecified atom stereocenters. The normalized spacial score (nSPS) is 42.2. The molecule has 0 saturated heterocycles. The van der Waals surface area contributed by atoms with E-state index in [1.165, 1.54) is 25.7 Å². The fourth-order valence-corrected chi connectivity index (χ4v) is 4.37. The van der Waals surface area contributed by atoms with Gasteiger partial charge >= 0.3 is 0 Å². The number of hydrogen-bond donors (Lipinski definition) is 0. The number of hydrogen-bond acceptors (Lipinski definition) is 1. The maximum Gasteiger partial charge on any atom is 0.119 e. The van der Waals surface area contributed by atoms with Crippen LogP contribution in [0.15, 0.2) is 0 Å². The molecule has 0 heterocycles. The van der Waals surface area contributed by atoms with Gasteiger partial charge in [-0.2, -0.15) is 5.26 Å². The van der Waals surface area contributed by atoms with Gasteiger partial charge in [0, 0.05) is 0 Å². The van der Waals surface area contributed by atoms with Gasteiger partial charge in [-0.25, -0.2) is 8.78 Å². The molecule has 1 nitrogen and oxygen atoms in total. The molecule has 0 aromatic carbocycles. The van der Waals surface area contributed by atoms with Crippen molar-refractivity contribution in [1.82, 2.24) is 0 Å². The van der Waals surface area contributed by atoms with E-state index < -0.39 is 18.3 Å². The standard InChI is InChI=1S/C18H29F2N/c1-3-12(2)8-13-4-6-14(7-5-13)15-9-17(19)16(11-21)18(20)10-15/h12-18H,3-10H2,1-2H3. The van der Waals surface area contributed by atoms with Gasteiger partial charge < -0.3 is 0 Å². The van der Waals surface area contributed by atoms with Gasteiger partial charge in [-0.15, -0.1) is 0 Å². The highest BCUT2D eigenvalue weighted by Gasteiger charge is 2.41. The molecule has 21 heavy (non-hydrogen) atoms. The molecule has 2 saturated carbocycles. The van der Waals surface area contributed by atoms with E-state index in [4.69, 9.17) is 5.26 Å². The summed E-state index contributed by atoms with van der Waals surface area (Å²) in [6.45, 7) is 4.56. The van der Waals surface area contributed by atoms with Gasteiger partial charge in [0.2, 0.25) is 0 Å². The molecular weight excluding hydrogens is 268 g/mol. The lowest BCUT2D eigenvalue weighted by molar-refractivity contribution is 0.0368. The molecule has 0 aromatic heterocycles. The minimum absolute atomic E-state index is 0.157. The van der Waals surface area contributed by atoms with Gasteiger partial charge in [0.25, 0.3) is 0 Å². The van der Waals surface area contributed by atoms with Crippen LogP contribution in [0.25, 0.3) is 0 Å². The van der Waals surface area contributed by atoms with Crippen LogP contribution >= 0.6 is 0 Å². The topological polar surface area (TPSA) is 23.8 Å². The van der Waals surface area contributed by atoms with Crippen molar-refractivity contribution in [3.05, 3.63) is 0 Å². The summed E-state index contributed by atoms with van der Waals surface area (Å²) < 4.78 is 27.9. The molecule has 2 fully saturated rings. The van der Waals surface area contributed by atoms with Crippen LogP contribution in [-0.4, -0.2) is 12.3 Å². The predicted molar refractivity (Wildman–Crippen MR) is 81.1 cm³/mol. The van der Waals surface area contributed by atoms with Crippen molar-refractivity contribution >= 4 is 0 Å². The van der Waals surface area contributed by atoms with E-state index in [9.17, 15) is 8.78 Å². The molecule has 0 bridgehead atoms. The summed E-state index contributed by atoms with van der Waals surface area (Å²) in [7, 11) is 0. The summed E-state index contributed by atoms with van der Waals surface area (Å²) in [5, 5.41) is 8.84. The third-order valence-corrected chi connectivity index (χ3v) is 5.97. The highest BCUT2D eigenvalue weighted by molar-refractivity contribution is 5.00. The molecule has 0 spiro atoms. The van der Waals surface area contributed by atoms with E-state index in [0.717, 1.165) is 24.7 Å². The molecule has 0 radical (unpaired) electrons. The molecule has 120 valence electrons. The molecule has 2 aliphatic carbocycles. The van der Waals surface area contributed by atoms with Crippen molar-refractivity contribution in [2.24, 2.45) is 29.6 Å². The molecule has 2 rings (SSSR count). The van der Waals surface area contributed by atoms with E-state index in [0.29, 0.717) is 18.8 Å². The summed E-state index contributed by atoms with van der Waals surface area (Å²) in [4.78, 5) is 0.